The van der Waals surface area contributed by atoms with Crippen molar-refractivity contribution in [2.24, 2.45) is 0 Å². The van der Waals surface area contributed by atoms with Crippen molar-refractivity contribution in [3.05, 3.63) is 36.0 Å². The molecular weight excluding hydrogens is 188 g/mol. The second-order valence-electron chi connectivity index (χ2n) is 3.88. The van der Waals surface area contributed by atoms with E-state index < -0.39 is 0 Å². The lowest BCUT2D eigenvalue weighted by Gasteiger charge is -2.04. The summed E-state index contributed by atoms with van der Waals surface area (Å²) in [4.78, 5) is 0. The minimum absolute atomic E-state index is 0.556. The van der Waals surface area contributed by atoms with E-state index in [0.29, 0.717) is 11.7 Å². The van der Waals surface area contributed by atoms with Crippen molar-refractivity contribution in [1.29, 1.82) is 0 Å². The van der Waals surface area contributed by atoms with Gasteiger partial charge in [-0.2, -0.15) is 0 Å². The highest BCUT2D eigenvalue weighted by atomic mass is 15.4. The van der Waals surface area contributed by atoms with E-state index in [1.807, 2.05) is 35.0 Å². The molecule has 1 fully saturated rings. The van der Waals surface area contributed by atoms with Crippen LogP contribution >= 0.6 is 0 Å². The second kappa shape index (κ2) is 3.08. The van der Waals surface area contributed by atoms with Crippen molar-refractivity contribution < 1.29 is 0 Å². The third kappa shape index (κ3) is 1.38. The molecule has 1 heterocycles. The number of nitrogens with two attached hydrogens (primary N) is 1. The molecular formula is C11H12N4. The van der Waals surface area contributed by atoms with Crippen LogP contribution in [0.5, 0.6) is 0 Å². The summed E-state index contributed by atoms with van der Waals surface area (Å²) in [6, 6.07) is 9.99. The van der Waals surface area contributed by atoms with Gasteiger partial charge in [0.05, 0.1) is 11.4 Å². The molecule has 4 heteroatoms. The molecule has 0 amide bonds. The Balaban J connectivity index is 2.12. The average Bonchev–Trinajstić information content (AvgIpc) is 3.03. The van der Waals surface area contributed by atoms with Gasteiger partial charge in [0.2, 0.25) is 0 Å². The molecule has 1 aliphatic rings. The molecule has 15 heavy (non-hydrogen) atoms. The van der Waals surface area contributed by atoms with Crippen LogP contribution in [0, 0.1) is 0 Å². The Morgan fingerprint density at radius 2 is 1.93 bits per heavy atom. The maximum Gasteiger partial charge on any atom is 0.169 e. The average molecular weight is 200 g/mol. The third-order valence-corrected chi connectivity index (χ3v) is 2.70. The van der Waals surface area contributed by atoms with Gasteiger partial charge < -0.3 is 5.73 Å². The van der Waals surface area contributed by atoms with E-state index in [4.69, 9.17) is 5.73 Å². The predicted molar refractivity (Wildman–Crippen MR) is 57.7 cm³/mol. The summed E-state index contributed by atoms with van der Waals surface area (Å²) in [5.74, 6) is 1.13. The molecule has 0 bridgehead atoms. The van der Waals surface area contributed by atoms with Crippen molar-refractivity contribution in [1.82, 2.24) is 15.0 Å². The van der Waals surface area contributed by atoms with Gasteiger partial charge in [-0.1, -0.05) is 23.4 Å². The summed E-state index contributed by atoms with van der Waals surface area (Å²) < 4.78 is 1.85. The first-order valence-corrected chi connectivity index (χ1v) is 5.13. The van der Waals surface area contributed by atoms with Crippen LogP contribution in [-0.4, -0.2) is 15.0 Å². The molecule has 0 saturated heterocycles. The highest BCUT2D eigenvalue weighted by molar-refractivity contribution is 5.44. The minimum atomic E-state index is 0.556. The zero-order valence-electron chi connectivity index (χ0n) is 8.30. The molecule has 4 nitrogen and oxygen atoms in total. The van der Waals surface area contributed by atoms with Crippen molar-refractivity contribution >= 4 is 5.82 Å². The van der Waals surface area contributed by atoms with E-state index >= 15 is 0 Å². The first-order chi connectivity index (χ1) is 7.36. The Bertz CT molecular complexity index is 471. The fraction of sp³-hybridized carbons (Fsp3) is 0.273. The van der Waals surface area contributed by atoms with E-state index in [9.17, 15) is 0 Å². The largest absolute Gasteiger partial charge is 0.381 e. The van der Waals surface area contributed by atoms with Crippen LogP contribution in [0.4, 0.5) is 5.82 Å². The van der Waals surface area contributed by atoms with Crippen LogP contribution in [-0.2, 0) is 0 Å². The lowest BCUT2D eigenvalue weighted by atomic mass is 10.2. The summed E-state index contributed by atoms with van der Waals surface area (Å²) in [6.07, 6.45) is 2.40. The summed E-state index contributed by atoms with van der Waals surface area (Å²) in [5.41, 5.74) is 7.93. The zero-order chi connectivity index (χ0) is 10.3. The monoisotopic (exact) mass is 200 g/mol. The number of anilines is 1. The summed E-state index contributed by atoms with van der Waals surface area (Å²) >= 11 is 0. The van der Waals surface area contributed by atoms with Gasteiger partial charge in [0.25, 0.3) is 0 Å². The number of nitrogens with zero attached hydrogens (tertiary/aromatic N) is 3. The lowest BCUT2D eigenvalue weighted by Crippen LogP contribution is -2.02. The highest BCUT2D eigenvalue weighted by Gasteiger charge is 2.30. The number of aromatic nitrogens is 3. The second-order valence-corrected chi connectivity index (χ2v) is 3.88. The molecule has 1 saturated carbocycles. The Labute approximate surface area is 87.7 Å². The summed E-state index contributed by atoms with van der Waals surface area (Å²) in [5, 5.41) is 8.03. The summed E-state index contributed by atoms with van der Waals surface area (Å²) in [7, 11) is 0. The fourth-order valence-corrected chi connectivity index (χ4v) is 1.80. The van der Waals surface area contributed by atoms with Crippen LogP contribution in [0.1, 0.15) is 24.5 Å². The molecule has 3 rings (SSSR count). The number of nitrogen functional groups attached to an aromatic ring is 1. The molecule has 1 aromatic carbocycles. The van der Waals surface area contributed by atoms with Gasteiger partial charge in [-0.3, -0.25) is 0 Å². The van der Waals surface area contributed by atoms with Gasteiger partial charge in [-0.05, 0) is 25.0 Å². The normalized spacial score (nSPS) is 15.5. The van der Waals surface area contributed by atoms with Gasteiger partial charge in [0, 0.05) is 5.92 Å². The topological polar surface area (TPSA) is 56.7 Å². The number of rotatable bonds is 2. The maximum absolute atomic E-state index is 5.83. The van der Waals surface area contributed by atoms with E-state index in [0.717, 1.165) is 11.4 Å². The smallest absolute Gasteiger partial charge is 0.169 e. The number of hydrogen-bond acceptors (Lipinski definition) is 3. The van der Waals surface area contributed by atoms with Crippen LogP contribution in [0.3, 0.4) is 0 Å². The van der Waals surface area contributed by atoms with E-state index in [1.54, 1.807) is 0 Å². The first-order valence-electron chi connectivity index (χ1n) is 5.13. The van der Waals surface area contributed by atoms with Gasteiger partial charge in [0.15, 0.2) is 5.82 Å². The molecule has 0 atom stereocenters. The Morgan fingerprint density at radius 1 is 1.20 bits per heavy atom. The molecule has 0 aliphatic heterocycles. The highest BCUT2D eigenvalue weighted by Crippen LogP contribution is 2.42. The van der Waals surface area contributed by atoms with Gasteiger partial charge in [-0.15, -0.1) is 5.10 Å². The molecule has 0 radical (unpaired) electrons. The van der Waals surface area contributed by atoms with E-state index in [2.05, 4.69) is 10.3 Å². The Hall–Kier alpha value is -1.84. The SMILES string of the molecule is Nc1nnn(-c2ccccc2)c1C1CC1. The van der Waals surface area contributed by atoms with Crippen LogP contribution in [0.2, 0.25) is 0 Å². The van der Waals surface area contributed by atoms with Crippen molar-refractivity contribution in [2.45, 2.75) is 18.8 Å². The quantitative estimate of drug-likeness (QED) is 0.803. The van der Waals surface area contributed by atoms with Crippen molar-refractivity contribution in [2.75, 3.05) is 5.73 Å². The summed E-state index contributed by atoms with van der Waals surface area (Å²) in [6.45, 7) is 0. The molecule has 76 valence electrons. The van der Waals surface area contributed by atoms with Gasteiger partial charge in [-0.25, -0.2) is 4.68 Å². The molecule has 2 N–H and O–H groups in total. The Morgan fingerprint density at radius 3 is 2.60 bits per heavy atom. The third-order valence-electron chi connectivity index (χ3n) is 2.70. The van der Waals surface area contributed by atoms with Crippen molar-refractivity contribution in [3.8, 4) is 5.69 Å². The predicted octanol–water partition coefficient (Wildman–Crippen LogP) is 1.73. The lowest BCUT2D eigenvalue weighted by molar-refractivity contribution is 0.764. The van der Waals surface area contributed by atoms with Gasteiger partial charge >= 0.3 is 0 Å². The minimum Gasteiger partial charge on any atom is -0.381 e. The van der Waals surface area contributed by atoms with E-state index in [-0.39, 0.29) is 0 Å². The van der Waals surface area contributed by atoms with Crippen molar-refractivity contribution in [3.63, 3.8) is 0 Å². The number of hydrogen-bond donors (Lipinski definition) is 1. The van der Waals surface area contributed by atoms with Gasteiger partial charge in [0.1, 0.15) is 0 Å². The van der Waals surface area contributed by atoms with Crippen LogP contribution < -0.4 is 5.73 Å². The standard InChI is InChI=1S/C11H12N4/c12-11-10(8-6-7-8)15(14-13-11)9-4-2-1-3-5-9/h1-5,8H,6-7,12H2. The Kier molecular flexibility index (Phi) is 1.74. The van der Waals surface area contributed by atoms with Crippen LogP contribution in [0.25, 0.3) is 5.69 Å². The molecule has 0 unspecified atom stereocenters. The maximum atomic E-state index is 5.83. The number of para-hydroxylation sites is 1. The fourth-order valence-electron chi connectivity index (χ4n) is 1.80. The molecule has 1 aliphatic carbocycles. The number of benzene rings is 1. The first kappa shape index (κ1) is 8.47. The molecule has 1 aromatic heterocycles. The zero-order valence-corrected chi connectivity index (χ0v) is 8.30. The van der Waals surface area contributed by atoms with E-state index in [1.165, 1.54) is 12.8 Å². The molecule has 2 aromatic rings. The van der Waals surface area contributed by atoms with Crippen LogP contribution in [0.15, 0.2) is 30.3 Å². The molecule has 0 spiro atoms.